The lowest BCUT2D eigenvalue weighted by Crippen LogP contribution is -2.23. The summed E-state index contributed by atoms with van der Waals surface area (Å²) in [6.45, 7) is 17.4. The molecule has 0 atom stereocenters. The average molecular weight is 599 g/mol. The van der Waals surface area contributed by atoms with Crippen LogP contribution in [0.15, 0.2) is 92.5 Å². The summed E-state index contributed by atoms with van der Waals surface area (Å²) in [5.41, 5.74) is 5.08. The third kappa shape index (κ3) is 5.01. The number of alkyl halides is 2. The second-order valence-corrected chi connectivity index (χ2v) is 12.6. The molecule has 6 heteroatoms. The molecule has 2 aromatic carbocycles. The van der Waals surface area contributed by atoms with Gasteiger partial charge in [0.15, 0.2) is 0 Å². The largest absolute Gasteiger partial charge is 0.335 e. The number of halogens is 2. The summed E-state index contributed by atoms with van der Waals surface area (Å²) < 4.78 is 30.0. The Hall–Kier alpha value is -3.71. The van der Waals surface area contributed by atoms with E-state index < -0.39 is 17.3 Å². The molecule has 1 nitrogen and oxygen atoms in total. The summed E-state index contributed by atoms with van der Waals surface area (Å²) in [4.78, 5) is 17.9. The summed E-state index contributed by atoms with van der Waals surface area (Å²) in [6.07, 6.45) is 1.78. The minimum Gasteiger partial charge on any atom is -0.287 e. The van der Waals surface area contributed by atoms with Crippen LogP contribution in [0, 0.1) is 0 Å². The van der Waals surface area contributed by atoms with Crippen LogP contribution in [0.1, 0.15) is 47.8 Å². The molecular formula is C35H28F2OS3. The first-order valence-corrected chi connectivity index (χ1v) is 15.6. The van der Waals surface area contributed by atoms with Crippen molar-refractivity contribution >= 4 is 57.0 Å². The minimum atomic E-state index is -3.61. The van der Waals surface area contributed by atoms with Gasteiger partial charge in [-0.05, 0) is 53.4 Å². The molecule has 0 spiro atoms. The number of carbonyl (C=O) groups excluding carboxylic acids is 1. The maximum Gasteiger partial charge on any atom is 0.335 e. The Balaban J connectivity index is 0.00000165. The van der Waals surface area contributed by atoms with Crippen LogP contribution in [0.5, 0.6) is 0 Å². The zero-order valence-electron chi connectivity index (χ0n) is 23.0. The molecule has 0 bridgehead atoms. The predicted octanol–water partition coefficient (Wildman–Crippen LogP) is 12.1. The van der Waals surface area contributed by atoms with Crippen LogP contribution < -0.4 is 0 Å². The molecule has 0 N–H and O–H groups in total. The smallest absolute Gasteiger partial charge is 0.287 e. The number of fused-ring (bicyclic) bond motifs is 1. The van der Waals surface area contributed by atoms with Crippen LogP contribution in [0.25, 0.3) is 57.6 Å². The van der Waals surface area contributed by atoms with Crippen molar-refractivity contribution in [1.29, 1.82) is 0 Å². The number of hydrogen-bond donors (Lipinski definition) is 0. The molecule has 41 heavy (non-hydrogen) atoms. The Bertz CT molecular complexity index is 1790. The molecule has 0 radical (unpaired) electrons. The van der Waals surface area contributed by atoms with Crippen molar-refractivity contribution in [2.24, 2.45) is 0 Å². The highest BCUT2D eigenvalue weighted by Gasteiger charge is 2.54. The van der Waals surface area contributed by atoms with Crippen molar-refractivity contribution in [3.8, 4) is 40.4 Å². The molecule has 3 heterocycles. The zero-order chi connectivity index (χ0) is 29.5. The lowest BCUT2D eigenvalue weighted by Gasteiger charge is -2.09. The van der Waals surface area contributed by atoms with E-state index in [1.54, 1.807) is 6.08 Å². The standard InChI is InChI=1S/C33H22F2OS3.C2H6/c1-5-20-6-8-22(9-7-20)24-15-17-27(38-24)31-29-28(19(4)33(34,35)32(29)36)30(39-31)26-16-14-25(37-26)23-12-10-21(11-13-23)18(2)3;1-2/h5-17H,1-2,4H2,3H3;1-2H3. The normalized spacial score (nSPS) is 13.5. The van der Waals surface area contributed by atoms with E-state index in [1.807, 2.05) is 93.6 Å². The number of Topliss-reactive ketones (excluding diaryl/α,β-unsaturated/α-hetero) is 1. The second kappa shape index (κ2) is 11.3. The van der Waals surface area contributed by atoms with Gasteiger partial charge in [-0.25, -0.2) is 0 Å². The first kappa shape index (κ1) is 28.8. The van der Waals surface area contributed by atoms with Gasteiger partial charge in [-0.3, -0.25) is 4.79 Å². The van der Waals surface area contributed by atoms with E-state index in [-0.39, 0.29) is 11.1 Å². The Morgan fingerprint density at radius 2 is 1.20 bits per heavy atom. The molecule has 0 saturated carbocycles. The number of allylic oxidation sites excluding steroid dienone is 2. The molecule has 3 aromatic heterocycles. The van der Waals surface area contributed by atoms with Gasteiger partial charge in [0, 0.05) is 30.6 Å². The molecule has 5 aromatic rings. The van der Waals surface area contributed by atoms with Gasteiger partial charge in [0.05, 0.1) is 15.3 Å². The number of benzene rings is 2. The van der Waals surface area contributed by atoms with Gasteiger partial charge in [-0.1, -0.05) is 93.8 Å². The van der Waals surface area contributed by atoms with Crippen LogP contribution in [-0.4, -0.2) is 11.7 Å². The van der Waals surface area contributed by atoms with Crippen LogP contribution in [0.4, 0.5) is 8.78 Å². The fraction of sp³-hybridized carbons (Fsp3) is 0.114. The monoisotopic (exact) mass is 598 g/mol. The molecule has 1 aliphatic carbocycles. The van der Waals surface area contributed by atoms with E-state index >= 15 is 8.78 Å². The highest BCUT2D eigenvalue weighted by molar-refractivity contribution is 7.28. The zero-order valence-corrected chi connectivity index (χ0v) is 25.5. The van der Waals surface area contributed by atoms with Crippen molar-refractivity contribution in [2.45, 2.75) is 26.7 Å². The third-order valence-corrected chi connectivity index (χ3v) is 10.7. The van der Waals surface area contributed by atoms with Gasteiger partial charge >= 0.3 is 5.92 Å². The van der Waals surface area contributed by atoms with Gasteiger partial charge in [0.25, 0.3) is 0 Å². The maximum absolute atomic E-state index is 15.0. The highest BCUT2D eigenvalue weighted by atomic mass is 32.1. The summed E-state index contributed by atoms with van der Waals surface area (Å²) in [5, 5.41) is 0. The van der Waals surface area contributed by atoms with E-state index in [0.29, 0.717) is 9.75 Å². The molecule has 206 valence electrons. The van der Waals surface area contributed by atoms with Crippen molar-refractivity contribution in [3.05, 3.63) is 115 Å². The van der Waals surface area contributed by atoms with Crippen molar-refractivity contribution in [3.63, 3.8) is 0 Å². The van der Waals surface area contributed by atoms with Crippen LogP contribution >= 0.6 is 34.0 Å². The van der Waals surface area contributed by atoms with Crippen molar-refractivity contribution < 1.29 is 13.6 Å². The summed E-state index contributed by atoms with van der Waals surface area (Å²) >= 11 is 4.40. The van der Waals surface area contributed by atoms with Gasteiger partial charge < -0.3 is 0 Å². The molecule has 0 aliphatic heterocycles. The van der Waals surface area contributed by atoms with E-state index in [1.165, 1.54) is 34.0 Å². The minimum absolute atomic E-state index is 0.0844. The highest BCUT2D eigenvalue weighted by Crippen LogP contribution is 2.56. The summed E-state index contributed by atoms with van der Waals surface area (Å²) in [6, 6.07) is 23.9. The van der Waals surface area contributed by atoms with Crippen LogP contribution in [0.3, 0.4) is 0 Å². The third-order valence-electron chi connectivity index (χ3n) is 6.85. The van der Waals surface area contributed by atoms with E-state index in [2.05, 4.69) is 19.7 Å². The second-order valence-electron chi connectivity index (χ2n) is 9.40. The van der Waals surface area contributed by atoms with Crippen molar-refractivity contribution in [2.75, 3.05) is 0 Å². The molecular weight excluding hydrogens is 571 g/mol. The molecule has 0 fully saturated rings. The van der Waals surface area contributed by atoms with Crippen molar-refractivity contribution in [1.82, 2.24) is 0 Å². The molecule has 0 saturated heterocycles. The number of ketones is 1. The summed E-state index contributed by atoms with van der Waals surface area (Å²) in [7, 11) is 0. The molecule has 0 unspecified atom stereocenters. The Kier molecular flexibility index (Phi) is 7.93. The maximum atomic E-state index is 15.0. The Labute approximate surface area is 251 Å². The Morgan fingerprint density at radius 1 is 0.732 bits per heavy atom. The quantitative estimate of drug-likeness (QED) is 0.190. The van der Waals surface area contributed by atoms with E-state index in [4.69, 9.17) is 0 Å². The lowest BCUT2D eigenvalue weighted by atomic mass is 10.1. The Morgan fingerprint density at radius 3 is 1.68 bits per heavy atom. The number of hydrogen-bond acceptors (Lipinski definition) is 4. The van der Waals surface area contributed by atoms with Gasteiger partial charge in [-0.2, -0.15) is 8.78 Å². The van der Waals surface area contributed by atoms with E-state index in [0.717, 1.165) is 47.3 Å². The lowest BCUT2D eigenvalue weighted by molar-refractivity contribution is 0.0462. The molecule has 0 amide bonds. The molecule has 1 aliphatic rings. The fourth-order valence-electron chi connectivity index (χ4n) is 4.67. The van der Waals surface area contributed by atoms with Gasteiger partial charge in [0.2, 0.25) is 5.78 Å². The van der Waals surface area contributed by atoms with Gasteiger partial charge in [-0.15, -0.1) is 34.0 Å². The summed E-state index contributed by atoms with van der Waals surface area (Å²) in [5.74, 6) is -4.78. The average Bonchev–Trinajstić information content (AvgIpc) is 3.78. The first-order chi connectivity index (χ1) is 19.7. The fourth-order valence-corrected chi connectivity index (χ4v) is 8.25. The predicted molar refractivity (Wildman–Crippen MR) is 176 cm³/mol. The number of carbonyl (C=O) groups is 1. The first-order valence-electron chi connectivity index (χ1n) is 13.2. The number of thiophene rings is 3. The van der Waals surface area contributed by atoms with Crippen LogP contribution in [-0.2, 0) is 0 Å². The topological polar surface area (TPSA) is 17.1 Å². The number of rotatable bonds is 6. The van der Waals surface area contributed by atoms with Gasteiger partial charge in [0.1, 0.15) is 0 Å². The SMILES string of the molecule is C=Cc1ccc(-c2ccc(-c3sc(-c4ccc(-c5ccc(C(=C)C)cc5)s4)c4c3C(=O)C(F)(F)C4=C)s2)cc1.CC. The van der Waals surface area contributed by atoms with E-state index in [9.17, 15) is 4.79 Å². The molecule has 6 rings (SSSR count). The van der Waals surface area contributed by atoms with Crippen LogP contribution in [0.2, 0.25) is 0 Å².